The monoisotopic (exact) mass is 413 g/mol. The third-order valence-corrected chi connectivity index (χ3v) is 5.92. The van der Waals surface area contributed by atoms with Crippen LogP contribution in [0.2, 0.25) is 0 Å². The summed E-state index contributed by atoms with van der Waals surface area (Å²) in [6, 6.07) is 6.35. The number of hydrogen-bond donors (Lipinski definition) is 2. The molecule has 1 fully saturated rings. The van der Waals surface area contributed by atoms with Crippen LogP contribution >= 0.6 is 0 Å². The highest BCUT2D eigenvalue weighted by atomic mass is 16.5. The molecule has 0 radical (unpaired) electrons. The lowest BCUT2D eigenvalue weighted by Gasteiger charge is -2.38. The van der Waals surface area contributed by atoms with Crippen molar-refractivity contribution in [3.63, 3.8) is 0 Å². The largest absolute Gasteiger partial charge is 0.493 e. The van der Waals surface area contributed by atoms with Crippen LogP contribution in [-0.2, 0) is 19.0 Å². The summed E-state index contributed by atoms with van der Waals surface area (Å²) in [5, 5.41) is 11.2. The van der Waals surface area contributed by atoms with Crippen molar-refractivity contribution in [2.45, 2.75) is 51.0 Å². The van der Waals surface area contributed by atoms with Gasteiger partial charge in [0.25, 0.3) is 0 Å². The number of aryl methyl sites for hydroxylation is 1. The van der Waals surface area contributed by atoms with Gasteiger partial charge in [0.15, 0.2) is 17.5 Å². The average molecular weight is 414 g/mol. The van der Waals surface area contributed by atoms with Gasteiger partial charge >= 0.3 is 0 Å². The van der Waals surface area contributed by atoms with Crippen LogP contribution in [0.5, 0.6) is 11.5 Å². The maximum absolute atomic E-state index is 5.58. The van der Waals surface area contributed by atoms with E-state index in [2.05, 4.69) is 34.8 Å². The number of aliphatic imine (C=N–C) groups is 1. The van der Waals surface area contributed by atoms with Gasteiger partial charge in [-0.3, -0.25) is 4.68 Å². The maximum atomic E-state index is 5.58. The van der Waals surface area contributed by atoms with E-state index in [1.165, 1.54) is 24.8 Å². The Morgan fingerprint density at radius 1 is 1.13 bits per heavy atom. The molecule has 0 aliphatic heterocycles. The number of nitrogens with zero attached hydrogens (tertiary/aromatic N) is 3. The number of benzene rings is 1. The molecule has 0 bridgehead atoms. The van der Waals surface area contributed by atoms with E-state index in [-0.39, 0.29) is 5.41 Å². The van der Waals surface area contributed by atoms with Crippen molar-refractivity contribution in [3.8, 4) is 11.5 Å². The molecule has 3 rings (SSSR count). The summed E-state index contributed by atoms with van der Waals surface area (Å²) < 4.78 is 12.8. The normalized spacial score (nSPS) is 16.2. The van der Waals surface area contributed by atoms with Gasteiger partial charge in [-0.1, -0.05) is 25.3 Å². The first kappa shape index (κ1) is 22.0. The summed E-state index contributed by atoms with van der Waals surface area (Å²) in [4.78, 5) is 4.76. The van der Waals surface area contributed by atoms with Gasteiger partial charge in [-0.15, -0.1) is 0 Å². The Labute approximate surface area is 179 Å². The minimum atomic E-state index is 0.0578. The molecular weight excluding hydrogens is 378 g/mol. The van der Waals surface area contributed by atoms with Crippen LogP contribution in [0.4, 0.5) is 0 Å². The zero-order valence-corrected chi connectivity index (χ0v) is 18.7. The predicted octanol–water partition coefficient (Wildman–Crippen LogP) is 3.39. The minimum Gasteiger partial charge on any atom is -0.493 e. The summed E-state index contributed by atoms with van der Waals surface area (Å²) in [6.07, 6.45) is 9.93. The van der Waals surface area contributed by atoms with Gasteiger partial charge in [-0.25, -0.2) is 4.99 Å². The van der Waals surface area contributed by atoms with Gasteiger partial charge in [-0.2, -0.15) is 5.10 Å². The molecule has 1 heterocycles. The fraction of sp³-hybridized carbons (Fsp3) is 0.565. The standard InChI is InChI=1S/C23H35N5O2/c1-5-24-22(25-14-18-15-27-28(2)16-18)26-17-23(11-7-6-8-12-23)19-9-10-20(29-3)21(13-19)30-4/h9-10,13,15-16H,5-8,11-12,14,17H2,1-4H3,(H2,24,25,26). The van der Waals surface area contributed by atoms with E-state index in [9.17, 15) is 0 Å². The fourth-order valence-electron chi connectivity index (χ4n) is 4.28. The van der Waals surface area contributed by atoms with Crippen LogP contribution in [0.25, 0.3) is 0 Å². The lowest BCUT2D eigenvalue weighted by molar-refractivity contribution is 0.288. The minimum absolute atomic E-state index is 0.0578. The Bertz CT molecular complexity index is 840. The lowest BCUT2D eigenvalue weighted by Crippen LogP contribution is -2.46. The molecule has 2 N–H and O–H groups in total. The topological polar surface area (TPSA) is 72.7 Å². The molecule has 0 saturated heterocycles. The Morgan fingerprint density at radius 2 is 1.90 bits per heavy atom. The highest BCUT2D eigenvalue weighted by molar-refractivity contribution is 5.79. The molecule has 1 aromatic heterocycles. The van der Waals surface area contributed by atoms with E-state index in [1.807, 2.05) is 25.5 Å². The molecule has 164 valence electrons. The molecule has 1 aliphatic rings. The van der Waals surface area contributed by atoms with Crippen molar-refractivity contribution in [3.05, 3.63) is 41.7 Å². The van der Waals surface area contributed by atoms with Gasteiger partial charge in [0, 0.05) is 37.3 Å². The van der Waals surface area contributed by atoms with Crippen molar-refractivity contribution in [1.82, 2.24) is 20.4 Å². The van der Waals surface area contributed by atoms with Crippen molar-refractivity contribution >= 4 is 5.96 Å². The van der Waals surface area contributed by atoms with Gasteiger partial charge in [0.1, 0.15) is 0 Å². The molecule has 0 unspecified atom stereocenters. The van der Waals surface area contributed by atoms with Crippen molar-refractivity contribution < 1.29 is 9.47 Å². The van der Waals surface area contributed by atoms with Crippen LogP contribution in [0.3, 0.4) is 0 Å². The molecule has 30 heavy (non-hydrogen) atoms. The van der Waals surface area contributed by atoms with Crippen LogP contribution < -0.4 is 20.1 Å². The Morgan fingerprint density at radius 3 is 2.53 bits per heavy atom. The van der Waals surface area contributed by atoms with Crippen molar-refractivity contribution in [2.75, 3.05) is 27.3 Å². The first-order valence-electron chi connectivity index (χ1n) is 10.8. The molecule has 7 nitrogen and oxygen atoms in total. The Hall–Kier alpha value is -2.70. The average Bonchev–Trinajstić information content (AvgIpc) is 3.20. The van der Waals surface area contributed by atoms with Crippen molar-refractivity contribution in [1.29, 1.82) is 0 Å². The molecule has 0 spiro atoms. The number of aromatic nitrogens is 2. The molecule has 2 aromatic rings. The molecule has 0 atom stereocenters. The number of hydrogen-bond acceptors (Lipinski definition) is 4. The van der Waals surface area contributed by atoms with E-state index in [1.54, 1.807) is 18.9 Å². The van der Waals surface area contributed by atoms with Crippen LogP contribution in [0, 0.1) is 0 Å². The third kappa shape index (κ3) is 5.26. The summed E-state index contributed by atoms with van der Waals surface area (Å²) >= 11 is 0. The summed E-state index contributed by atoms with van der Waals surface area (Å²) in [7, 11) is 5.30. The highest BCUT2D eigenvalue weighted by Gasteiger charge is 2.34. The molecule has 1 saturated carbocycles. The Kier molecular flexibility index (Phi) is 7.60. The van der Waals surface area contributed by atoms with E-state index < -0.39 is 0 Å². The number of rotatable bonds is 8. The van der Waals surface area contributed by atoms with Gasteiger partial charge in [0.05, 0.1) is 27.0 Å². The second-order valence-electron chi connectivity index (χ2n) is 7.98. The molecule has 0 amide bonds. The molecule has 1 aromatic carbocycles. The van der Waals surface area contributed by atoms with Gasteiger partial charge in [-0.05, 0) is 37.5 Å². The zero-order chi connectivity index (χ0) is 21.4. The van der Waals surface area contributed by atoms with Crippen LogP contribution in [0.1, 0.15) is 50.2 Å². The quantitative estimate of drug-likeness (QED) is 0.513. The number of guanidine groups is 1. The van der Waals surface area contributed by atoms with Gasteiger partial charge in [0.2, 0.25) is 0 Å². The molecule has 7 heteroatoms. The predicted molar refractivity (Wildman–Crippen MR) is 120 cm³/mol. The second-order valence-corrected chi connectivity index (χ2v) is 7.98. The highest BCUT2D eigenvalue weighted by Crippen LogP contribution is 2.42. The summed E-state index contributed by atoms with van der Waals surface area (Å²) in [6.45, 7) is 4.35. The number of nitrogens with one attached hydrogen (secondary N) is 2. The van der Waals surface area contributed by atoms with E-state index in [4.69, 9.17) is 14.5 Å². The second kappa shape index (κ2) is 10.4. The van der Waals surface area contributed by atoms with E-state index in [0.717, 1.165) is 49.0 Å². The maximum Gasteiger partial charge on any atom is 0.191 e. The fourth-order valence-corrected chi connectivity index (χ4v) is 4.28. The van der Waals surface area contributed by atoms with Crippen LogP contribution in [-0.4, -0.2) is 43.0 Å². The zero-order valence-electron chi connectivity index (χ0n) is 18.7. The lowest BCUT2D eigenvalue weighted by atomic mass is 9.69. The smallest absolute Gasteiger partial charge is 0.191 e. The van der Waals surface area contributed by atoms with Crippen LogP contribution in [0.15, 0.2) is 35.6 Å². The van der Waals surface area contributed by atoms with Gasteiger partial charge < -0.3 is 20.1 Å². The molecular formula is C23H35N5O2. The van der Waals surface area contributed by atoms with Crippen molar-refractivity contribution in [2.24, 2.45) is 12.0 Å². The van der Waals surface area contributed by atoms with E-state index in [0.29, 0.717) is 6.54 Å². The first-order chi connectivity index (χ1) is 14.6. The number of ether oxygens (including phenoxy) is 2. The number of methoxy groups -OCH3 is 2. The van der Waals surface area contributed by atoms with E-state index >= 15 is 0 Å². The summed E-state index contributed by atoms with van der Waals surface area (Å²) in [5.41, 5.74) is 2.46. The molecule has 1 aliphatic carbocycles. The SMILES string of the molecule is CCNC(=NCc1cnn(C)c1)NCC1(c2ccc(OC)c(OC)c2)CCCCC1. The summed E-state index contributed by atoms with van der Waals surface area (Å²) in [5.74, 6) is 2.40. The first-order valence-corrected chi connectivity index (χ1v) is 10.8. The third-order valence-electron chi connectivity index (χ3n) is 5.92. The Balaban J connectivity index is 1.79.